The van der Waals surface area contributed by atoms with E-state index in [-0.39, 0.29) is 18.5 Å². The maximum absolute atomic E-state index is 12.5. The highest BCUT2D eigenvalue weighted by Gasteiger charge is 2.15. The molecular weight excluding hydrogens is 328 g/mol. The number of nitrogens with two attached hydrogens (primary N) is 1. The number of carbonyl (C=O) groups is 1. The number of hydrogen-bond acceptors (Lipinski definition) is 5. The first kappa shape index (κ1) is 17.6. The molecule has 0 saturated heterocycles. The van der Waals surface area contributed by atoms with Crippen LogP contribution in [0.3, 0.4) is 0 Å². The van der Waals surface area contributed by atoms with E-state index >= 15 is 0 Å². The van der Waals surface area contributed by atoms with Crippen LogP contribution in [0.2, 0.25) is 0 Å². The van der Waals surface area contributed by atoms with Crippen LogP contribution in [-0.4, -0.2) is 27.6 Å². The lowest BCUT2D eigenvalue weighted by atomic mass is 10.0. The van der Waals surface area contributed by atoms with Crippen LogP contribution in [0.4, 0.5) is 5.95 Å². The van der Waals surface area contributed by atoms with Crippen molar-refractivity contribution in [3.63, 3.8) is 0 Å². The van der Waals surface area contributed by atoms with Crippen molar-refractivity contribution in [1.29, 1.82) is 0 Å². The summed E-state index contributed by atoms with van der Waals surface area (Å²) in [6.07, 6.45) is 1.59. The van der Waals surface area contributed by atoms with Gasteiger partial charge in [-0.25, -0.2) is 9.97 Å². The molecule has 2 aromatic carbocycles. The van der Waals surface area contributed by atoms with E-state index in [0.717, 1.165) is 16.7 Å². The third kappa shape index (κ3) is 4.04. The second kappa shape index (κ2) is 7.76. The van der Waals surface area contributed by atoms with Gasteiger partial charge in [0.1, 0.15) is 0 Å². The number of aromatic nitrogens is 2. The summed E-state index contributed by atoms with van der Waals surface area (Å²) in [4.78, 5) is 20.5. The van der Waals surface area contributed by atoms with E-state index < -0.39 is 6.04 Å². The zero-order valence-corrected chi connectivity index (χ0v) is 14.4. The number of benzene rings is 2. The van der Waals surface area contributed by atoms with E-state index in [1.54, 1.807) is 36.5 Å². The molecule has 3 rings (SSSR count). The van der Waals surface area contributed by atoms with Crippen LogP contribution in [0.5, 0.6) is 0 Å². The summed E-state index contributed by atoms with van der Waals surface area (Å²) in [7, 11) is 0. The van der Waals surface area contributed by atoms with Crippen LogP contribution in [0.25, 0.3) is 11.3 Å². The fourth-order valence-electron chi connectivity index (χ4n) is 2.69. The Morgan fingerprint density at radius 2 is 1.96 bits per heavy atom. The van der Waals surface area contributed by atoms with E-state index in [1.165, 1.54) is 0 Å². The smallest absolute Gasteiger partial charge is 0.251 e. The average Bonchev–Trinajstić information content (AvgIpc) is 2.66. The molecule has 0 saturated carbocycles. The third-order valence-electron chi connectivity index (χ3n) is 4.05. The van der Waals surface area contributed by atoms with Crippen molar-refractivity contribution in [3.05, 3.63) is 77.5 Å². The maximum Gasteiger partial charge on any atom is 0.251 e. The fourth-order valence-corrected chi connectivity index (χ4v) is 2.69. The monoisotopic (exact) mass is 348 g/mol. The predicted octanol–water partition coefficient (Wildman–Crippen LogP) is 2.50. The van der Waals surface area contributed by atoms with Crippen LogP contribution >= 0.6 is 0 Å². The van der Waals surface area contributed by atoms with Crippen molar-refractivity contribution < 1.29 is 9.90 Å². The van der Waals surface area contributed by atoms with Gasteiger partial charge in [-0.1, -0.05) is 42.0 Å². The Balaban J connectivity index is 1.75. The largest absolute Gasteiger partial charge is 0.394 e. The fraction of sp³-hybridized carbons (Fsp3) is 0.150. The molecule has 1 heterocycles. The summed E-state index contributed by atoms with van der Waals surface area (Å²) in [5.74, 6) is -0.0485. The van der Waals surface area contributed by atoms with Crippen molar-refractivity contribution in [3.8, 4) is 11.3 Å². The molecule has 0 radical (unpaired) electrons. The summed E-state index contributed by atoms with van der Waals surface area (Å²) in [6.45, 7) is 1.80. The van der Waals surface area contributed by atoms with E-state index in [9.17, 15) is 9.90 Å². The number of nitrogen functional groups attached to an aromatic ring is 1. The van der Waals surface area contributed by atoms with Crippen molar-refractivity contribution in [2.45, 2.75) is 13.0 Å². The van der Waals surface area contributed by atoms with Gasteiger partial charge in [0, 0.05) is 17.3 Å². The molecule has 0 aliphatic carbocycles. The Morgan fingerprint density at radius 1 is 1.19 bits per heavy atom. The number of nitrogens with one attached hydrogen (secondary N) is 1. The summed E-state index contributed by atoms with van der Waals surface area (Å²) < 4.78 is 0. The van der Waals surface area contributed by atoms with Gasteiger partial charge >= 0.3 is 0 Å². The van der Waals surface area contributed by atoms with Crippen LogP contribution in [0, 0.1) is 6.92 Å². The Morgan fingerprint density at radius 3 is 2.62 bits per heavy atom. The van der Waals surface area contributed by atoms with E-state index in [0.29, 0.717) is 11.3 Å². The van der Waals surface area contributed by atoms with Gasteiger partial charge < -0.3 is 16.2 Å². The van der Waals surface area contributed by atoms with Gasteiger partial charge in [-0.3, -0.25) is 4.79 Å². The van der Waals surface area contributed by atoms with Gasteiger partial charge in [-0.05, 0) is 30.7 Å². The third-order valence-corrected chi connectivity index (χ3v) is 4.05. The second-order valence-electron chi connectivity index (χ2n) is 6.00. The highest BCUT2D eigenvalue weighted by Crippen LogP contribution is 2.19. The molecule has 132 valence electrons. The average molecular weight is 348 g/mol. The normalized spacial score (nSPS) is 11.8. The molecule has 0 bridgehead atoms. The Kier molecular flexibility index (Phi) is 5.24. The van der Waals surface area contributed by atoms with E-state index in [4.69, 9.17) is 5.73 Å². The van der Waals surface area contributed by atoms with Crippen LogP contribution in [-0.2, 0) is 0 Å². The number of nitrogens with zero attached hydrogens (tertiary/aromatic N) is 2. The first-order valence-corrected chi connectivity index (χ1v) is 8.24. The number of carbonyl (C=O) groups excluding carboxylic acids is 1. The molecule has 6 nitrogen and oxygen atoms in total. The minimum atomic E-state index is -0.455. The zero-order chi connectivity index (χ0) is 18.5. The summed E-state index contributed by atoms with van der Waals surface area (Å²) in [5.41, 5.74) is 9.58. The zero-order valence-electron chi connectivity index (χ0n) is 14.4. The van der Waals surface area contributed by atoms with Gasteiger partial charge in [-0.2, -0.15) is 0 Å². The van der Waals surface area contributed by atoms with Crippen molar-refractivity contribution >= 4 is 11.9 Å². The van der Waals surface area contributed by atoms with E-state index in [1.807, 2.05) is 31.2 Å². The van der Waals surface area contributed by atoms with Gasteiger partial charge in [0.05, 0.1) is 18.3 Å². The Bertz CT molecular complexity index is 910. The molecule has 1 atom stereocenters. The molecule has 0 spiro atoms. The first-order valence-electron chi connectivity index (χ1n) is 8.24. The molecule has 0 aliphatic heterocycles. The quantitative estimate of drug-likeness (QED) is 0.658. The van der Waals surface area contributed by atoms with Crippen LogP contribution in [0.1, 0.15) is 27.5 Å². The number of anilines is 1. The Labute approximate surface area is 151 Å². The van der Waals surface area contributed by atoms with Crippen LogP contribution < -0.4 is 11.1 Å². The molecule has 0 unspecified atom stereocenters. The number of aryl methyl sites for hydroxylation is 1. The highest BCUT2D eigenvalue weighted by molar-refractivity contribution is 5.94. The molecule has 4 N–H and O–H groups in total. The summed E-state index contributed by atoms with van der Waals surface area (Å²) >= 11 is 0. The van der Waals surface area contributed by atoms with E-state index in [2.05, 4.69) is 15.3 Å². The topological polar surface area (TPSA) is 101 Å². The molecule has 0 aliphatic rings. The van der Waals surface area contributed by atoms with Gasteiger partial charge in [0.2, 0.25) is 5.95 Å². The van der Waals surface area contributed by atoms with Crippen molar-refractivity contribution in [2.24, 2.45) is 0 Å². The molecule has 1 aromatic heterocycles. The number of hydrogen-bond donors (Lipinski definition) is 3. The molecule has 0 fully saturated rings. The first-order chi connectivity index (χ1) is 12.6. The van der Waals surface area contributed by atoms with Gasteiger partial charge in [0.15, 0.2) is 0 Å². The molecule has 26 heavy (non-hydrogen) atoms. The number of aliphatic hydroxyl groups is 1. The lowest BCUT2D eigenvalue weighted by Gasteiger charge is -2.17. The predicted molar refractivity (Wildman–Crippen MR) is 100 cm³/mol. The number of aliphatic hydroxyl groups excluding tert-OH is 1. The Hall–Kier alpha value is -3.25. The molecule has 1 amide bonds. The van der Waals surface area contributed by atoms with Crippen LogP contribution in [0.15, 0.2) is 60.8 Å². The maximum atomic E-state index is 12.5. The second-order valence-corrected chi connectivity index (χ2v) is 6.00. The summed E-state index contributed by atoms with van der Waals surface area (Å²) in [5, 5.41) is 12.5. The molecular formula is C20H20N4O2. The van der Waals surface area contributed by atoms with Gasteiger partial charge in [0.25, 0.3) is 5.91 Å². The minimum absolute atomic E-state index is 0.173. The SMILES string of the molecule is Cc1cccc([C@@H](CO)NC(=O)c2ccc(-c3ccnc(N)n3)cc2)c1. The summed E-state index contributed by atoms with van der Waals surface area (Å²) in [6, 6.07) is 16.0. The van der Waals surface area contributed by atoms with Crippen molar-refractivity contribution in [1.82, 2.24) is 15.3 Å². The molecule has 3 aromatic rings. The number of amides is 1. The lowest BCUT2D eigenvalue weighted by molar-refractivity contribution is 0.0916. The standard InChI is InChI=1S/C20H20N4O2/c1-13-3-2-4-16(11-13)18(12-25)23-19(26)15-7-5-14(6-8-15)17-9-10-22-20(21)24-17/h2-11,18,25H,12H2,1H3,(H,23,26)(H2,21,22,24)/t18-/m1/s1. The van der Waals surface area contributed by atoms with Gasteiger partial charge in [-0.15, -0.1) is 0 Å². The minimum Gasteiger partial charge on any atom is -0.394 e. The molecule has 6 heteroatoms. The lowest BCUT2D eigenvalue weighted by Crippen LogP contribution is -2.30. The number of rotatable bonds is 5. The van der Waals surface area contributed by atoms with Crippen molar-refractivity contribution in [2.75, 3.05) is 12.3 Å². The highest BCUT2D eigenvalue weighted by atomic mass is 16.3.